The minimum Gasteiger partial charge on any atom is -0.0885 e. The van der Waals surface area contributed by atoms with Gasteiger partial charge in [-0.1, -0.05) is 68.7 Å². The van der Waals surface area contributed by atoms with Crippen LogP contribution in [-0.2, 0) is 0 Å². The standard InChI is InChI=1S/C24H42/c1-4-5-6-7-8-12-23-16-18-24(19-17-23)21(3)20(2)11-9-10-13-22-14-15-22/h7-8,22-24H,4-6,9-19H2,1-3H3/b8-7-,21-20-. The molecule has 138 valence electrons. The molecule has 0 aromatic rings. The highest BCUT2D eigenvalue weighted by Gasteiger charge is 2.22. The average molecular weight is 331 g/mol. The highest BCUT2D eigenvalue weighted by atomic mass is 14.3. The summed E-state index contributed by atoms with van der Waals surface area (Å²) in [6, 6.07) is 0. The largest absolute Gasteiger partial charge is 0.0885 e. The zero-order valence-electron chi connectivity index (χ0n) is 16.8. The van der Waals surface area contributed by atoms with Gasteiger partial charge in [-0.3, -0.25) is 0 Å². The molecule has 0 aromatic heterocycles. The quantitative estimate of drug-likeness (QED) is 0.264. The van der Waals surface area contributed by atoms with Gasteiger partial charge in [0.15, 0.2) is 0 Å². The molecule has 0 N–H and O–H groups in total. The number of allylic oxidation sites excluding steroid dienone is 4. The lowest BCUT2D eigenvalue weighted by atomic mass is 9.76. The van der Waals surface area contributed by atoms with Gasteiger partial charge < -0.3 is 0 Å². The smallest absolute Gasteiger partial charge is 0.0203 e. The monoisotopic (exact) mass is 330 g/mol. The van der Waals surface area contributed by atoms with E-state index in [1.54, 1.807) is 11.1 Å². The fourth-order valence-corrected chi connectivity index (χ4v) is 4.33. The van der Waals surface area contributed by atoms with Crippen molar-refractivity contribution >= 4 is 0 Å². The lowest BCUT2D eigenvalue weighted by Gasteiger charge is -2.29. The normalized spacial score (nSPS) is 26.0. The van der Waals surface area contributed by atoms with Gasteiger partial charge in [-0.2, -0.15) is 0 Å². The highest BCUT2D eigenvalue weighted by Crippen LogP contribution is 2.37. The SMILES string of the molecule is CCCC/C=C\CC1CCC(/C(C)=C(/C)CCCCC2CC2)CC1. The first-order valence-corrected chi connectivity index (χ1v) is 11.0. The van der Waals surface area contributed by atoms with Gasteiger partial charge in [0, 0.05) is 0 Å². The lowest BCUT2D eigenvalue weighted by Crippen LogP contribution is -2.15. The second-order valence-corrected chi connectivity index (χ2v) is 8.72. The predicted octanol–water partition coefficient (Wildman–Crippen LogP) is 8.24. The van der Waals surface area contributed by atoms with Crippen LogP contribution in [0.15, 0.2) is 23.3 Å². The van der Waals surface area contributed by atoms with Crippen molar-refractivity contribution < 1.29 is 0 Å². The van der Waals surface area contributed by atoms with Gasteiger partial charge in [-0.15, -0.1) is 0 Å². The lowest BCUT2D eigenvalue weighted by molar-refractivity contribution is 0.301. The van der Waals surface area contributed by atoms with Crippen LogP contribution < -0.4 is 0 Å². The van der Waals surface area contributed by atoms with Crippen molar-refractivity contribution in [2.24, 2.45) is 17.8 Å². The molecule has 24 heavy (non-hydrogen) atoms. The average Bonchev–Trinajstić information content (AvgIpc) is 3.42. The Morgan fingerprint density at radius 3 is 2.21 bits per heavy atom. The fraction of sp³-hybridized carbons (Fsp3) is 0.833. The Hall–Kier alpha value is -0.520. The van der Waals surface area contributed by atoms with Gasteiger partial charge in [0.1, 0.15) is 0 Å². The molecule has 0 spiro atoms. The molecule has 0 heteroatoms. The zero-order valence-corrected chi connectivity index (χ0v) is 16.8. The summed E-state index contributed by atoms with van der Waals surface area (Å²) in [6.45, 7) is 7.13. The van der Waals surface area contributed by atoms with Crippen LogP contribution >= 0.6 is 0 Å². The summed E-state index contributed by atoms with van der Waals surface area (Å²) in [6.07, 6.45) is 24.8. The van der Waals surface area contributed by atoms with Gasteiger partial charge in [-0.05, 0) is 83.0 Å². The van der Waals surface area contributed by atoms with Crippen molar-refractivity contribution in [2.75, 3.05) is 0 Å². The van der Waals surface area contributed by atoms with Gasteiger partial charge in [0.2, 0.25) is 0 Å². The predicted molar refractivity (Wildman–Crippen MR) is 108 cm³/mol. The van der Waals surface area contributed by atoms with E-state index < -0.39 is 0 Å². The van der Waals surface area contributed by atoms with Gasteiger partial charge >= 0.3 is 0 Å². The molecule has 0 saturated heterocycles. The maximum atomic E-state index is 2.47. The van der Waals surface area contributed by atoms with E-state index in [1.807, 2.05) is 0 Å². The summed E-state index contributed by atoms with van der Waals surface area (Å²) in [5, 5.41) is 0. The van der Waals surface area contributed by atoms with E-state index in [-0.39, 0.29) is 0 Å². The molecule has 0 heterocycles. The molecule has 0 amide bonds. The van der Waals surface area contributed by atoms with Crippen LogP contribution in [0.5, 0.6) is 0 Å². The number of hydrogen-bond donors (Lipinski definition) is 0. The summed E-state index contributed by atoms with van der Waals surface area (Å²) in [7, 11) is 0. The Bertz CT molecular complexity index is 388. The Labute approximate surface area is 152 Å². The third-order valence-electron chi connectivity index (χ3n) is 6.60. The van der Waals surface area contributed by atoms with E-state index in [9.17, 15) is 0 Å². The summed E-state index contributed by atoms with van der Waals surface area (Å²) >= 11 is 0. The third-order valence-corrected chi connectivity index (χ3v) is 6.60. The summed E-state index contributed by atoms with van der Waals surface area (Å²) in [4.78, 5) is 0. The molecular weight excluding hydrogens is 288 g/mol. The van der Waals surface area contributed by atoms with Crippen molar-refractivity contribution in [1.29, 1.82) is 0 Å². The molecule has 2 aliphatic rings. The second-order valence-electron chi connectivity index (χ2n) is 8.72. The molecule has 0 unspecified atom stereocenters. The van der Waals surface area contributed by atoms with Gasteiger partial charge in [-0.25, -0.2) is 0 Å². The van der Waals surface area contributed by atoms with E-state index >= 15 is 0 Å². The second kappa shape index (κ2) is 11.2. The first kappa shape index (κ1) is 19.8. The molecular formula is C24H42. The molecule has 0 nitrogen and oxygen atoms in total. The van der Waals surface area contributed by atoms with Crippen LogP contribution in [0.2, 0.25) is 0 Å². The van der Waals surface area contributed by atoms with Crippen LogP contribution in [0.1, 0.15) is 111 Å². The van der Waals surface area contributed by atoms with E-state index in [0.717, 1.165) is 17.8 Å². The number of hydrogen-bond acceptors (Lipinski definition) is 0. The molecule has 0 aromatic carbocycles. The van der Waals surface area contributed by atoms with E-state index in [0.29, 0.717) is 0 Å². The minimum atomic E-state index is 0.897. The third kappa shape index (κ3) is 7.58. The Balaban J connectivity index is 1.62. The van der Waals surface area contributed by atoms with Crippen molar-refractivity contribution in [2.45, 2.75) is 111 Å². The van der Waals surface area contributed by atoms with Crippen molar-refractivity contribution in [1.82, 2.24) is 0 Å². The first-order valence-electron chi connectivity index (χ1n) is 11.0. The molecule has 0 atom stereocenters. The molecule has 0 aliphatic heterocycles. The van der Waals surface area contributed by atoms with Crippen molar-refractivity contribution in [3.8, 4) is 0 Å². The minimum absolute atomic E-state index is 0.897. The Morgan fingerprint density at radius 2 is 1.54 bits per heavy atom. The maximum Gasteiger partial charge on any atom is -0.0203 e. The first-order chi connectivity index (χ1) is 11.7. The van der Waals surface area contributed by atoms with Crippen molar-refractivity contribution in [3.63, 3.8) is 0 Å². The molecule has 2 saturated carbocycles. The molecule has 2 rings (SSSR count). The van der Waals surface area contributed by atoms with E-state index in [2.05, 4.69) is 32.9 Å². The molecule has 0 bridgehead atoms. The van der Waals surface area contributed by atoms with E-state index in [1.165, 1.54) is 89.9 Å². The van der Waals surface area contributed by atoms with Crippen molar-refractivity contribution in [3.05, 3.63) is 23.3 Å². The van der Waals surface area contributed by atoms with Crippen LogP contribution in [0.4, 0.5) is 0 Å². The fourth-order valence-electron chi connectivity index (χ4n) is 4.33. The topological polar surface area (TPSA) is 0 Å². The maximum absolute atomic E-state index is 2.47. The van der Waals surface area contributed by atoms with Crippen LogP contribution in [0, 0.1) is 17.8 Å². The van der Waals surface area contributed by atoms with E-state index in [4.69, 9.17) is 0 Å². The van der Waals surface area contributed by atoms with Crippen LogP contribution in [0.3, 0.4) is 0 Å². The summed E-state index contributed by atoms with van der Waals surface area (Å²) < 4.78 is 0. The highest BCUT2D eigenvalue weighted by molar-refractivity contribution is 5.13. The number of unbranched alkanes of at least 4 members (excludes halogenated alkanes) is 3. The Kier molecular flexibility index (Phi) is 9.21. The van der Waals surface area contributed by atoms with Gasteiger partial charge in [0.05, 0.1) is 0 Å². The molecule has 2 fully saturated rings. The molecule has 2 aliphatic carbocycles. The molecule has 0 radical (unpaired) electrons. The van der Waals surface area contributed by atoms with Crippen LogP contribution in [-0.4, -0.2) is 0 Å². The van der Waals surface area contributed by atoms with Crippen LogP contribution in [0.25, 0.3) is 0 Å². The Morgan fingerprint density at radius 1 is 0.833 bits per heavy atom. The summed E-state index contributed by atoms with van der Waals surface area (Å²) in [5.41, 5.74) is 3.46. The number of rotatable bonds is 11. The van der Waals surface area contributed by atoms with Gasteiger partial charge in [0.25, 0.3) is 0 Å². The summed E-state index contributed by atoms with van der Waals surface area (Å²) in [5.74, 6) is 2.97. The zero-order chi connectivity index (χ0) is 17.2.